The molecule has 0 saturated carbocycles. The summed E-state index contributed by atoms with van der Waals surface area (Å²) in [5, 5.41) is 0. The second kappa shape index (κ2) is 6.62. The van der Waals surface area contributed by atoms with Crippen LogP contribution >= 0.6 is 11.6 Å². The minimum atomic E-state index is -4.61. The molecule has 0 unspecified atom stereocenters. The highest BCUT2D eigenvalue weighted by molar-refractivity contribution is 7.89. The lowest BCUT2D eigenvalue weighted by Gasteiger charge is -2.22. The van der Waals surface area contributed by atoms with Crippen LogP contribution in [0.5, 0.6) is 0 Å². The van der Waals surface area contributed by atoms with E-state index in [0.717, 1.165) is 0 Å². The number of hydrogen-bond acceptors (Lipinski definition) is 3. The second-order valence-electron chi connectivity index (χ2n) is 3.82. The Balaban J connectivity index is 2.85. The van der Waals surface area contributed by atoms with Crippen molar-refractivity contribution in [2.24, 2.45) is 0 Å². The second-order valence-corrected chi connectivity index (χ2v) is 6.29. The van der Waals surface area contributed by atoms with Crippen LogP contribution in [0.25, 0.3) is 0 Å². The van der Waals surface area contributed by atoms with Crippen molar-refractivity contribution >= 4 is 21.6 Å². The van der Waals surface area contributed by atoms with Gasteiger partial charge in [-0.1, -0.05) is 0 Å². The SMILES string of the molecule is O=S(=O)(CCCCl)N(Cc1ccco1)CC(F)(F)F. The number of halogens is 4. The molecule has 1 aromatic rings. The molecule has 0 aliphatic heterocycles. The Kier molecular flexibility index (Phi) is 5.69. The molecule has 4 nitrogen and oxygen atoms in total. The van der Waals surface area contributed by atoms with Crippen LogP contribution in [0.1, 0.15) is 12.2 Å². The van der Waals surface area contributed by atoms with Crippen molar-refractivity contribution in [3.05, 3.63) is 24.2 Å². The number of sulfonamides is 1. The fraction of sp³-hybridized carbons (Fsp3) is 0.600. The fourth-order valence-corrected chi connectivity index (χ4v) is 3.12. The highest BCUT2D eigenvalue weighted by Crippen LogP contribution is 2.21. The fourth-order valence-electron chi connectivity index (χ4n) is 1.39. The van der Waals surface area contributed by atoms with Crippen molar-refractivity contribution in [2.45, 2.75) is 19.1 Å². The zero-order valence-corrected chi connectivity index (χ0v) is 11.4. The van der Waals surface area contributed by atoms with Crippen molar-refractivity contribution in [3.8, 4) is 0 Å². The zero-order chi connectivity index (χ0) is 14.5. The molecule has 1 rings (SSSR count). The summed E-state index contributed by atoms with van der Waals surface area (Å²) in [4.78, 5) is 0. The van der Waals surface area contributed by atoms with Gasteiger partial charge in [-0.05, 0) is 18.6 Å². The van der Waals surface area contributed by atoms with Gasteiger partial charge in [0.2, 0.25) is 10.0 Å². The Labute approximate surface area is 114 Å². The van der Waals surface area contributed by atoms with Gasteiger partial charge in [-0.15, -0.1) is 11.6 Å². The molecule has 1 heterocycles. The maximum absolute atomic E-state index is 12.4. The molecule has 110 valence electrons. The van der Waals surface area contributed by atoms with Crippen LogP contribution in [0.4, 0.5) is 13.2 Å². The minimum Gasteiger partial charge on any atom is -0.468 e. The average molecular weight is 320 g/mol. The van der Waals surface area contributed by atoms with Crippen LogP contribution in [-0.4, -0.2) is 37.1 Å². The van der Waals surface area contributed by atoms with Crippen LogP contribution in [0.3, 0.4) is 0 Å². The first kappa shape index (κ1) is 16.3. The summed E-state index contributed by atoms with van der Waals surface area (Å²) in [6.45, 7) is -1.99. The third kappa shape index (κ3) is 5.84. The van der Waals surface area contributed by atoms with Crippen molar-refractivity contribution in [3.63, 3.8) is 0 Å². The quantitative estimate of drug-likeness (QED) is 0.726. The number of alkyl halides is 4. The molecule has 0 radical (unpaired) electrons. The Morgan fingerprint density at radius 3 is 2.53 bits per heavy atom. The topological polar surface area (TPSA) is 50.5 Å². The molecule has 0 amide bonds. The van der Waals surface area contributed by atoms with Crippen LogP contribution < -0.4 is 0 Å². The molecule has 0 spiro atoms. The molecule has 9 heteroatoms. The lowest BCUT2D eigenvalue weighted by atomic mass is 10.4. The van der Waals surface area contributed by atoms with E-state index in [-0.39, 0.29) is 18.1 Å². The number of hydrogen-bond donors (Lipinski definition) is 0. The maximum atomic E-state index is 12.4. The summed E-state index contributed by atoms with van der Waals surface area (Å²) in [5.74, 6) is -0.202. The first-order chi connectivity index (χ1) is 8.74. The van der Waals surface area contributed by atoms with Crippen molar-refractivity contribution in [2.75, 3.05) is 18.2 Å². The lowest BCUT2D eigenvalue weighted by molar-refractivity contribution is -0.137. The highest BCUT2D eigenvalue weighted by Gasteiger charge is 2.36. The first-order valence-electron chi connectivity index (χ1n) is 5.37. The van der Waals surface area contributed by atoms with Gasteiger partial charge in [0.05, 0.1) is 18.6 Å². The van der Waals surface area contributed by atoms with Crippen molar-refractivity contribution in [1.82, 2.24) is 4.31 Å². The Morgan fingerprint density at radius 1 is 1.37 bits per heavy atom. The van der Waals surface area contributed by atoms with Gasteiger partial charge >= 0.3 is 6.18 Å². The molecular weight excluding hydrogens is 307 g/mol. The third-order valence-corrected chi connectivity index (χ3v) is 4.31. The van der Waals surface area contributed by atoms with Crippen LogP contribution in [-0.2, 0) is 16.6 Å². The number of furan rings is 1. The van der Waals surface area contributed by atoms with Crippen LogP contribution in [0.2, 0.25) is 0 Å². The molecule has 0 aliphatic carbocycles. The van der Waals surface area contributed by atoms with Gasteiger partial charge in [-0.3, -0.25) is 0 Å². The van der Waals surface area contributed by atoms with Crippen molar-refractivity contribution in [1.29, 1.82) is 0 Å². The summed E-state index contributed by atoms with van der Waals surface area (Å²) >= 11 is 5.36. The summed E-state index contributed by atoms with van der Waals surface area (Å²) in [5.41, 5.74) is 0. The molecule has 0 bridgehead atoms. The molecule has 0 aromatic carbocycles. The van der Waals surface area contributed by atoms with Crippen molar-refractivity contribution < 1.29 is 26.0 Å². The monoisotopic (exact) mass is 319 g/mol. The Bertz CT molecular complexity index is 473. The van der Waals surface area contributed by atoms with E-state index in [1.54, 1.807) is 0 Å². The smallest absolute Gasteiger partial charge is 0.402 e. The van der Waals surface area contributed by atoms with E-state index in [9.17, 15) is 21.6 Å². The minimum absolute atomic E-state index is 0.0693. The maximum Gasteiger partial charge on any atom is 0.402 e. The normalized spacial score (nSPS) is 13.1. The predicted molar refractivity (Wildman–Crippen MR) is 64.3 cm³/mol. The van der Waals surface area contributed by atoms with Gasteiger partial charge < -0.3 is 4.42 Å². The summed E-state index contributed by atoms with van der Waals surface area (Å²) in [7, 11) is -4.02. The van der Waals surface area contributed by atoms with E-state index in [2.05, 4.69) is 0 Å². The molecular formula is C10H13ClF3NO3S. The molecule has 0 atom stereocenters. The predicted octanol–water partition coefficient (Wildman–Crippen LogP) is 2.60. The number of nitrogens with zero attached hydrogens (tertiary/aromatic N) is 1. The summed E-state index contributed by atoms with van der Waals surface area (Å²) < 4.78 is 66.1. The molecule has 0 N–H and O–H groups in total. The van der Waals surface area contributed by atoms with E-state index >= 15 is 0 Å². The van der Waals surface area contributed by atoms with Gasteiger partial charge in [-0.2, -0.15) is 17.5 Å². The van der Waals surface area contributed by atoms with E-state index in [1.165, 1.54) is 18.4 Å². The largest absolute Gasteiger partial charge is 0.468 e. The third-order valence-electron chi connectivity index (χ3n) is 2.20. The van der Waals surface area contributed by atoms with Crippen LogP contribution in [0.15, 0.2) is 22.8 Å². The lowest BCUT2D eigenvalue weighted by Crippen LogP contribution is -2.39. The molecule has 0 fully saturated rings. The van der Waals surface area contributed by atoms with E-state index in [4.69, 9.17) is 16.0 Å². The Hall–Kier alpha value is -0.730. The molecule has 0 aliphatic rings. The molecule has 0 saturated heterocycles. The molecule has 1 aromatic heterocycles. The highest BCUT2D eigenvalue weighted by atomic mass is 35.5. The van der Waals surface area contributed by atoms with Gasteiger partial charge in [-0.25, -0.2) is 8.42 Å². The van der Waals surface area contributed by atoms with E-state index in [1.807, 2.05) is 0 Å². The standard InChI is InChI=1S/C10H13ClF3NO3S/c11-4-2-6-19(16,17)15(8-10(12,13)14)7-9-3-1-5-18-9/h1,3,5H,2,4,6-8H2. The molecule has 19 heavy (non-hydrogen) atoms. The summed E-state index contributed by atoms with van der Waals surface area (Å²) in [6, 6.07) is 2.90. The van der Waals surface area contributed by atoms with E-state index < -0.39 is 35.0 Å². The van der Waals surface area contributed by atoms with Crippen LogP contribution in [0, 0.1) is 0 Å². The average Bonchev–Trinajstić information content (AvgIpc) is 2.76. The number of rotatable bonds is 7. The summed E-state index contributed by atoms with van der Waals surface area (Å²) in [6.07, 6.45) is -3.25. The van der Waals surface area contributed by atoms with E-state index in [0.29, 0.717) is 4.31 Å². The Morgan fingerprint density at radius 2 is 2.05 bits per heavy atom. The van der Waals surface area contributed by atoms with Gasteiger partial charge in [0.1, 0.15) is 12.3 Å². The van der Waals surface area contributed by atoms with Gasteiger partial charge in [0.15, 0.2) is 0 Å². The first-order valence-corrected chi connectivity index (χ1v) is 7.52. The zero-order valence-electron chi connectivity index (χ0n) is 9.86. The van der Waals surface area contributed by atoms with Gasteiger partial charge in [0.25, 0.3) is 0 Å². The van der Waals surface area contributed by atoms with Gasteiger partial charge in [0, 0.05) is 5.88 Å².